The van der Waals surface area contributed by atoms with E-state index in [4.69, 9.17) is 9.47 Å². The third-order valence-electron chi connectivity index (χ3n) is 6.11. The molecule has 1 atom stereocenters. The van der Waals surface area contributed by atoms with Crippen LogP contribution in [-0.4, -0.2) is 53.6 Å². The van der Waals surface area contributed by atoms with Crippen LogP contribution in [0.2, 0.25) is 0 Å². The van der Waals surface area contributed by atoms with Crippen LogP contribution in [0.5, 0.6) is 11.5 Å². The van der Waals surface area contributed by atoms with Crippen LogP contribution >= 0.6 is 0 Å². The van der Waals surface area contributed by atoms with Crippen LogP contribution < -0.4 is 14.8 Å². The van der Waals surface area contributed by atoms with Gasteiger partial charge in [0.1, 0.15) is 5.82 Å². The Morgan fingerprint density at radius 1 is 1.23 bits per heavy atom. The molecule has 4 rings (SSSR count). The lowest BCUT2D eigenvalue weighted by Crippen LogP contribution is -2.33. The third kappa shape index (κ3) is 4.84. The Bertz CT molecular complexity index is 932. The second kappa shape index (κ2) is 9.41. The van der Waals surface area contributed by atoms with Gasteiger partial charge in [0.2, 0.25) is 11.8 Å². The molecule has 0 saturated carbocycles. The number of aryl methyl sites for hydroxylation is 2. The molecule has 1 aromatic heterocycles. The Morgan fingerprint density at radius 3 is 2.84 bits per heavy atom. The topological polar surface area (TPSA) is 85.7 Å². The van der Waals surface area contributed by atoms with E-state index in [0.29, 0.717) is 37.6 Å². The van der Waals surface area contributed by atoms with Crippen LogP contribution in [0.1, 0.15) is 36.3 Å². The number of nitrogens with zero attached hydrogens (tertiary/aromatic N) is 3. The summed E-state index contributed by atoms with van der Waals surface area (Å²) in [5.74, 6) is 2.10. The van der Waals surface area contributed by atoms with E-state index in [-0.39, 0.29) is 24.2 Å². The highest BCUT2D eigenvalue weighted by Gasteiger charge is 2.34. The molecule has 2 amide bonds. The van der Waals surface area contributed by atoms with Crippen molar-refractivity contribution in [1.82, 2.24) is 19.8 Å². The van der Waals surface area contributed by atoms with Crippen LogP contribution in [-0.2, 0) is 35.5 Å². The maximum absolute atomic E-state index is 12.6. The van der Waals surface area contributed by atoms with Gasteiger partial charge < -0.3 is 24.3 Å². The Hall–Kier alpha value is -3.03. The molecule has 2 aromatic rings. The highest BCUT2D eigenvalue weighted by molar-refractivity contribution is 5.89. The Morgan fingerprint density at radius 2 is 2.06 bits per heavy atom. The molecule has 1 unspecified atom stereocenters. The molecule has 0 aliphatic carbocycles. The maximum atomic E-state index is 12.6. The summed E-state index contributed by atoms with van der Waals surface area (Å²) in [6.07, 6.45) is 6.34. The fourth-order valence-corrected chi connectivity index (χ4v) is 4.34. The van der Waals surface area contributed by atoms with Crippen molar-refractivity contribution >= 4 is 11.8 Å². The number of carbonyl (C=O) groups excluding carboxylic acids is 2. The molecule has 3 heterocycles. The number of likely N-dealkylation sites (tertiary alicyclic amines) is 1. The summed E-state index contributed by atoms with van der Waals surface area (Å²) < 4.78 is 12.8. The molecule has 0 radical (unpaired) electrons. The maximum Gasteiger partial charge on any atom is 0.225 e. The summed E-state index contributed by atoms with van der Waals surface area (Å²) in [6, 6.07) is 5.76. The highest BCUT2D eigenvalue weighted by Crippen LogP contribution is 2.28. The summed E-state index contributed by atoms with van der Waals surface area (Å²) in [5.41, 5.74) is 1.95. The van der Waals surface area contributed by atoms with Crippen LogP contribution in [0.3, 0.4) is 0 Å². The van der Waals surface area contributed by atoms with Gasteiger partial charge >= 0.3 is 0 Å². The second-order valence-electron chi connectivity index (χ2n) is 8.20. The van der Waals surface area contributed by atoms with Gasteiger partial charge in [-0.25, -0.2) is 4.98 Å². The van der Waals surface area contributed by atoms with E-state index in [1.165, 1.54) is 12.8 Å². The van der Waals surface area contributed by atoms with Crippen molar-refractivity contribution < 1.29 is 19.1 Å². The normalized spacial score (nSPS) is 18.1. The van der Waals surface area contributed by atoms with Crippen molar-refractivity contribution in [3.63, 3.8) is 0 Å². The fraction of sp³-hybridized carbons (Fsp3) is 0.522. The van der Waals surface area contributed by atoms with Crippen molar-refractivity contribution in [2.24, 2.45) is 5.92 Å². The number of amides is 2. The van der Waals surface area contributed by atoms with Gasteiger partial charge in [0.15, 0.2) is 11.5 Å². The number of carbonyl (C=O) groups is 2. The van der Waals surface area contributed by atoms with Gasteiger partial charge in [-0.1, -0.05) is 6.07 Å². The molecule has 0 spiro atoms. The van der Waals surface area contributed by atoms with E-state index in [2.05, 4.69) is 14.9 Å². The lowest BCUT2D eigenvalue weighted by Gasteiger charge is -2.17. The summed E-state index contributed by atoms with van der Waals surface area (Å²) >= 11 is 0. The number of aromatic nitrogens is 2. The molecule has 8 nitrogen and oxygen atoms in total. The van der Waals surface area contributed by atoms with Gasteiger partial charge in [-0.15, -0.1) is 0 Å². The van der Waals surface area contributed by atoms with E-state index in [9.17, 15) is 9.59 Å². The van der Waals surface area contributed by atoms with Gasteiger partial charge in [0, 0.05) is 38.7 Å². The zero-order valence-corrected chi connectivity index (χ0v) is 18.2. The largest absolute Gasteiger partial charge is 0.493 e. The quantitative estimate of drug-likeness (QED) is 0.697. The highest BCUT2D eigenvalue weighted by atomic mass is 16.5. The third-order valence-corrected chi connectivity index (χ3v) is 6.11. The first kappa shape index (κ1) is 21.2. The smallest absolute Gasteiger partial charge is 0.225 e. The minimum atomic E-state index is -0.310. The monoisotopic (exact) mass is 426 g/mol. The van der Waals surface area contributed by atoms with E-state index in [1.54, 1.807) is 19.1 Å². The zero-order chi connectivity index (χ0) is 21.8. The number of hydrogen-bond acceptors (Lipinski definition) is 5. The van der Waals surface area contributed by atoms with Gasteiger partial charge in [-0.3, -0.25) is 9.59 Å². The number of methoxy groups -OCH3 is 2. The van der Waals surface area contributed by atoms with Crippen LogP contribution in [0.4, 0.5) is 0 Å². The SMILES string of the molecule is COc1ccc(CCN2CC(C(=O)NCc3cn4c(n3)CCCC4)CC2=O)cc1OC. The van der Waals surface area contributed by atoms with E-state index in [0.717, 1.165) is 30.0 Å². The van der Waals surface area contributed by atoms with Crippen molar-refractivity contribution in [2.45, 2.75) is 45.2 Å². The zero-order valence-electron chi connectivity index (χ0n) is 18.2. The van der Waals surface area contributed by atoms with Gasteiger partial charge in [-0.2, -0.15) is 0 Å². The van der Waals surface area contributed by atoms with Crippen LogP contribution in [0.25, 0.3) is 0 Å². The number of hydrogen-bond donors (Lipinski definition) is 1. The van der Waals surface area contributed by atoms with E-state index < -0.39 is 0 Å². The molecule has 166 valence electrons. The summed E-state index contributed by atoms with van der Waals surface area (Å²) in [4.78, 5) is 31.4. The molecule has 1 aromatic carbocycles. The first-order valence-corrected chi connectivity index (χ1v) is 10.9. The summed E-state index contributed by atoms with van der Waals surface area (Å²) in [7, 11) is 3.21. The van der Waals surface area contributed by atoms with Gasteiger partial charge in [0.05, 0.1) is 32.4 Å². The van der Waals surface area contributed by atoms with Crippen molar-refractivity contribution in [1.29, 1.82) is 0 Å². The number of rotatable bonds is 8. The Labute approximate surface area is 182 Å². The molecule has 1 fully saturated rings. The average Bonchev–Trinajstić information content (AvgIpc) is 3.38. The average molecular weight is 427 g/mol. The van der Waals surface area contributed by atoms with E-state index in [1.807, 2.05) is 24.4 Å². The van der Waals surface area contributed by atoms with Crippen LogP contribution in [0.15, 0.2) is 24.4 Å². The number of ether oxygens (including phenoxy) is 2. The Kier molecular flexibility index (Phi) is 6.44. The number of imidazole rings is 1. The molecule has 0 bridgehead atoms. The summed E-state index contributed by atoms with van der Waals surface area (Å²) in [5, 5.41) is 2.97. The lowest BCUT2D eigenvalue weighted by atomic mass is 10.1. The molecular weight excluding hydrogens is 396 g/mol. The van der Waals surface area contributed by atoms with Crippen molar-refractivity contribution in [3.05, 3.63) is 41.5 Å². The molecule has 1 N–H and O–H groups in total. The Balaban J connectivity index is 1.27. The van der Waals surface area contributed by atoms with E-state index >= 15 is 0 Å². The molecule has 31 heavy (non-hydrogen) atoms. The lowest BCUT2D eigenvalue weighted by molar-refractivity contribution is -0.129. The molecule has 8 heteroatoms. The molecule has 2 aliphatic rings. The first-order valence-electron chi connectivity index (χ1n) is 10.9. The predicted molar refractivity (Wildman–Crippen MR) is 115 cm³/mol. The van der Waals surface area contributed by atoms with Crippen molar-refractivity contribution in [3.8, 4) is 11.5 Å². The minimum absolute atomic E-state index is 0.0260. The van der Waals surface area contributed by atoms with Crippen LogP contribution in [0, 0.1) is 5.92 Å². The second-order valence-corrected chi connectivity index (χ2v) is 8.20. The van der Waals surface area contributed by atoms with Crippen molar-refractivity contribution in [2.75, 3.05) is 27.3 Å². The number of nitrogens with one attached hydrogen (secondary N) is 1. The first-order chi connectivity index (χ1) is 15.1. The predicted octanol–water partition coefficient (Wildman–Crippen LogP) is 1.94. The standard InChI is InChI=1S/C23H30N4O4/c1-30-19-7-6-16(11-20(19)31-2)8-10-27-14-17(12-22(27)28)23(29)24-13-18-15-26-9-4-3-5-21(26)25-18/h6-7,11,15,17H,3-5,8-10,12-14H2,1-2H3,(H,24,29). The molecule has 1 saturated heterocycles. The van der Waals surface area contributed by atoms with Gasteiger partial charge in [-0.05, 0) is 37.0 Å². The number of fused-ring (bicyclic) bond motifs is 1. The fourth-order valence-electron chi connectivity index (χ4n) is 4.34. The summed E-state index contributed by atoms with van der Waals surface area (Å²) in [6.45, 7) is 2.45. The minimum Gasteiger partial charge on any atom is -0.493 e. The number of benzene rings is 1. The molecular formula is C23H30N4O4. The molecule has 2 aliphatic heterocycles. The van der Waals surface area contributed by atoms with Gasteiger partial charge in [0.25, 0.3) is 0 Å².